The van der Waals surface area contributed by atoms with Crippen LogP contribution in [-0.4, -0.2) is 43.8 Å². The fraction of sp³-hybridized carbons (Fsp3) is 0.935. The van der Waals surface area contributed by atoms with Crippen LogP contribution in [0.4, 0.5) is 0 Å². The van der Waals surface area contributed by atoms with Crippen LogP contribution in [0.3, 0.4) is 0 Å². The van der Waals surface area contributed by atoms with E-state index >= 15 is 0 Å². The second kappa shape index (κ2) is 20.1. The summed E-state index contributed by atoms with van der Waals surface area (Å²) in [6.45, 7) is 28.1. The Hall–Kier alpha value is -0.940. The van der Waals surface area contributed by atoms with Crippen LogP contribution in [0.1, 0.15) is 143 Å². The molecule has 5 heteroatoms. The highest BCUT2D eigenvalue weighted by Crippen LogP contribution is 2.21. The van der Waals surface area contributed by atoms with Crippen LogP contribution in [0.5, 0.6) is 0 Å². The zero-order valence-corrected chi connectivity index (χ0v) is 24.8. The molecule has 0 aliphatic carbocycles. The van der Waals surface area contributed by atoms with Gasteiger partial charge in [0.05, 0.1) is 0 Å². The Balaban J connectivity index is -0.000000269. The van der Waals surface area contributed by atoms with Crippen molar-refractivity contribution >= 4 is 11.8 Å². The number of carbonyl (C=O) groups excluding carboxylic acids is 2. The van der Waals surface area contributed by atoms with Crippen LogP contribution >= 0.6 is 0 Å². The highest BCUT2D eigenvalue weighted by Gasteiger charge is 2.16. The van der Waals surface area contributed by atoms with E-state index in [4.69, 9.17) is 14.2 Å². The molecule has 0 N–H and O–H groups in total. The van der Waals surface area contributed by atoms with E-state index in [9.17, 15) is 9.59 Å². The molecule has 0 aromatic carbocycles. The lowest BCUT2D eigenvalue weighted by atomic mass is 9.89. The quantitative estimate of drug-likeness (QED) is 0.180. The van der Waals surface area contributed by atoms with E-state index in [-0.39, 0.29) is 31.8 Å². The third-order valence-corrected chi connectivity index (χ3v) is 4.55. The van der Waals surface area contributed by atoms with Crippen LogP contribution in [0.25, 0.3) is 0 Å². The summed E-state index contributed by atoms with van der Waals surface area (Å²) in [4.78, 5) is 23.0. The Morgan fingerprint density at radius 3 is 1.28 bits per heavy atom. The van der Waals surface area contributed by atoms with Crippen LogP contribution in [0, 0.1) is 16.2 Å². The zero-order valence-electron chi connectivity index (χ0n) is 24.8. The largest absolute Gasteiger partial charge is 0.460 e. The maximum atomic E-state index is 11.6. The van der Waals surface area contributed by atoms with Crippen molar-refractivity contribution in [3.8, 4) is 0 Å². The molecule has 0 fully saturated rings. The van der Waals surface area contributed by atoms with E-state index in [2.05, 4.69) is 62.3 Å². The van der Waals surface area contributed by atoms with E-state index in [1.54, 1.807) is 0 Å². The van der Waals surface area contributed by atoms with Crippen molar-refractivity contribution in [2.24, 2.45) is 16.2 Å². The summed E-state index contributed by atoms with van der Waals surface area (Å²) in [6.07, 6.45) is 5.48. The molecule has 0 radical (unpaired) electrons. The van der Waals surface area contributed by atoms with Gasteiger partial charge in [-0.1, -0.05) is 77.2 Å². The fourth-order valence-corrected chi connectivity index (χ4v) is 2.72. The average molecular weight is 519 g/mol. The van der Waals surface area contributed by atoms with Gasteiger partial charge in [0.15, 0.2) is 0 Å². The number of ketones is 1. The zero-order chi connectivity index (χ0) is 27.1. The number of esters is 1. The molecule has 0 spiro atoms. The van der Waals surface area contributed by atoms with Gasteiger partial charge in [0, 0.05) is 45.7 Å². The highest BCUT2D eigenvalue weighted by molar-refractivity contribution is 5.78. The number of hydrogen-bond donors (Lipinski definition) is 0. The number of ether oxygens (including phenoxy) is 3. The van der Waals surface area contributed by atoms with Gasteiger partial charge in [-0.25, -0.2) is 0 Å². The molecule has 0 amide bonds. The first-order chi connectivity index (χ1) is 15.2. The predicted octanol–water partition coefficient (Wildman–Crippen LogP) is 9.06. The lowest BCUT2D eigenvalue weighted by molar-refractivity contribution is -0.155. The smallest absolute Gasteiger partial charge is 0.306 e. The second-order valence-electron chi connectivity index (χ2n) is 13.9. The maximum Gasteiger partial charge on any atom is 0.306 e. The molecule has 0 bridgehead atoms. The summed E-state index contributed by atoms with van der Waals surface area (Å²) in [6, 6.07) is 0. The summed E-state index contributed by atoms with van der Waals surface area (Å²) in [7, 11) is 0. The molecular weight excluding hydrogens is 452 g/mol. The van der Waals surface area contributed by atoms with Crippen LogP contribution in [0.2, 0.25) is 0 Å². The van der Waals surface area contributed by atoms with Crippen molar-refractivity contribution in [1.29, 1.82) is 0 Å². The molecule has 0 aromatic heterocycles. The minimum absolute atomic E-state index is 0. The lowest BCUT2D eigenvalue weighted by Crippen LogP contribution is -2.23. The van der Waals surface area contributed by atoms with E-state index in [0.717, 1.165) is 38.9 Å². The summed E-state index contributed by atoms with van der Waals surface area (Å²) in [5.74, 6) is 0.217. The predicted molar refractivity (Wildman–Crippen MR) is 157 cm³/mol. The second-order valence-corrected chi connectivity index (χ2v) is 13.9. The molecule has 0 rings (SSSR count). The van der Waals surface area contributed by atoms with Gasteiger partial charge in [-0.2, -0.15) is 0 Å². The monoisotopic (exact) mass is 518 g/mol. The molecule has 0 aliphatic heterocycles. The third kappa shape index (κ3) is 40.2. The Morgan fingerprint density at radius 2 is 0.944 bits per heavy atom. The fourth-order valence-electron chi connectivity index (χ4n) is 2.72. The normalized spacial score (nSPS) is 12.0. The lowest BCUT2D eigenvalue weighted by Gasteiger charge is -2.19. The van der Waals surface area contributed by atoms with Gasteiger partial charge >= 0.3 is 5.97 Å². The van der Waals surface area contributed by atoms with Crippen LogP contribution in [0.15, 0.2) is 0 Å². The van der Waals surface area contributed by atoms with Gasteiger partial charge in [0.25, 0.3) is 0 Å². The molecular formula is C31H66O5. The average Bonchev–Trinajstić information content (AvgIpc) is 2.56. The first kappa shape index (κ1) is 42.2. The molecule has 0 unspecified atom stereocenters. The van der Waals surface area contributed by atoms with Crippen molar-refractivity contribution in [2.45, 2.75) is 148 Å². The molecule has 0 heterocycles. The van der Waals surface area contributed by atoms with E-state index < -0.39 is 0 Å². The SMILES string of the molecule is C.C.CC(C)(C)CCOCCCC(=O)CC(C)(C)C.CC(C)(C)CCOCCCC(=O)OC(C)(C)C. The number of Topliss-reactive ketones (excluding diaryl/α,β-unsaturated/α-hetero) is 1. The van der Waals surface area contributed by atoms with Crippen molar-refractivity contribution in [1.82, 2.24) is 0 Å². The standard InChI is InChI=1S/C15H30O2.C14H28O3.2CH4/c1-14(2,3)9-11-17-10-7-8-13(16)12-15(4,5)6;1-13(2,3)9-11-16-10-7-8-12(15)17-14(4,5)6;;/h7-12H2,1-6H3;7-11H2,1-6H3;2*1H4. The molecule has 0 saturated carbocycles. The summed E-state index contributed by atoms with van der Waals surface area (Å²) < 4.78 is 16.2. The number of rotatable bonds is 13. The van der Waals surface area contributed by atoms with Crippen molar-refractivity contribution < 1.29 is 23.8 Å². The Kier molecular flexibility index (Phi) is 23.5. The molecule has 0 saturated heterocycles. The van der Waals surface area contributed by atoms with Crippen molar-refractivity contribution in [2.75, 3.05) is 26.4 Å². The molecule has 36 heavy (non-hydrogen) atoms. The topological polar surface area (TPSA) is 61.8 Å². The number of carbonyl (C=O) groups is 2. The van der Waals surface area contributed by atoms with E-state index in [0.29, 0.717) is 49.1 Å². The summed E-state index contributed by atoms with van der Waals surface area (Å²) >= 11 is 0. The Bertz CT molecular complexity index is 489. The molecule has 5 nitrogen and oxygen atoms in total. The molecule has 220 valence electrons. The van der Waals surface area contributed by atoms with E-state index in [1.807, 2.05) is 20.8 Å². The van der Waals surface area contributed by atoms with Gasteiger partial charge in [-0.15, -0.1) is 0 Å². The number of hydrogen-bond acceptors (Lipinski definition) is 5. The van der Waals surface area contributed by atoms with Crippen LogP contribution < -0.4 is 0 Å². The Labute approximate surface area is 226 Å². The molecule has 0 atom stereocenters. The minimum atomic E-state index is -0.385. The maximum absolute atomic E-state index is 11.6. The van der Waals surface area contributed by atoms with Gasteiger partial charge in [0.2, 0.25) is 0 Å². The molecule has 0 aromatic rings. The summed E-state index contributed by atoms with van der Waals surface area (Å²) in [5.41, 5.74) is 0.377. The Morgan fingerprint density at radius 1 is 0.556 bits per heavy atom. The van der Waals surface area contributed by atoms with Gasteiger partial charge in [-0.05, 0) is 62.7 Å². The van der Waals surface area contributed by atoms with Crippen molar-refractivity contribution in [3.63, 3.8) is 0 Å². The third-order valence-electron chi connectivity index (χ3n) is 4.55. The molecule has 0 aliphatic rings. The van der Waals surface area contributed by atoms with Gasteiger partial charge in [-0.3, -0.25) is 9.59 Å². The van der Waals surface area contributed by atoms with Crippen LogP contribution in [-0.2, 0) is 23.8 Å². The van der Waals surface area contributed by atoms with Gasteiger partial charge in [0.1, 0.15) is 11.4 Å². The van der Waals surface area contributed by atoms with Crippen molar-refractivity contribution in [3.05, 3.63) is 0 Å². The minimum Gasteiger partial charge on any atom is -0.460 e. The first-order valence-electron chi connectivity index (χ1n) is 13.1. The highest BCUT2D eigenvalue weighted by atomic mass is 16.6. The van der Waals surface area contributed by atoms with Gasteiger partial charge < -0.3 is 14.2 Å². The van der Waals surface area contributed by atoms with E-state index in [1.165, 1.54) is 0 Å². The first-order valence-corrected chi connectivity index (χ1v) is 13.1. The summed E-state index contributed by atoms with van der Waals surface area (Å²) in [5, 5.41) is 0.